The molecule has 0 radical (unpaired) electrons. The van der Waals surface area contributed by atoms with Gasteiger partial charge in [-0.25, -0.2) is 4.98 Å². The summed E-state index contributed by atoms with van der Waals surface area (Å²) in [6, 6.07) is 5.63. The Kier molecular flexibility index (Phi) is 2.84. The van der Waals surface area contributed by atoms with Crippen LogP contribution in [0.1, 0.15) is 18.3 Å². The van der Waals surface area contributed by atoms with Crippen LogP contribution in [0.25, 0.3) is 0 Å². The smallest absolute Gasteiger partial charge is 0.113 e. The van der Waals surface area contributed by atoms with Gasteiger partial charge in [-0.05, 0) is 31.9 Å². The highest BCUT2D eigenvalue weighted by Crippen LogP contribution is 1.95. The zero-order valence-electron chi connectivity index (χ0n) is 7.20. The van der Waals surface area contributed by atoms with E-state index in [1.165, 1.54) is 0 Å². The van der Waals surface area contributed by atoms with Gasteiger partial charge in [0.2, 0.25) is 0 Å². The molecule has 1 rings (SSSR count). The molecule has 0 aliphatic rings. The number of aromatic nitrogens is 1. The van der Waals surface area contributed by atoms with Gasteiger partial charge in [0.1, 0.15) is 11.8 Å². The Balaban J connectivity index is 2.85. The maximum atomic E-state index is 8.88. The van der Waals surface area contributed by atoms with Crippen LogP contribution in [0.5, 0.6) is 0 Å². The van der Waals surface area contributed by atoms with E-state index in [2.05, 4.69) is 16.8 Å². The summed E-state index contributed by atoms with van der Waals surface area (Å²) >= 11 is 0. The molecule has 1 N–H and O–H groups in total. The molecule has 0 aromatic carbocycles. The molecule has 2 heteroatoms. The van der Waals surface area contributed by atoms with Crippen LogP contribution in [0.4, 0.5) is 0 Å². The van der Waals surface area contributed by atoms with Gasteiger partial charge in [-0.3, -0.25) is 0 Å². The zero-order valence-corrected chi connectivity index (χ0v) is 7.20. The molecule has 62 valence electrons. The van der Waals surface area contributed by atoms with Crippen molar-refractivity contribution in [2.24, 2.45) is 0 Å². The number of aliphatic hydroxyl groups excluding tert-OH is 1. The Morgan fingerprint density at radius 1 is 1.50 bits per heavy atom. The van der Waals surface area contributed by atoms with Crippen molar-refractivity contribution in [2.75, 3.05) is 0 Å². The molecule has 1 heterocycles. The average molecular weight is 161 g/mol. The number of nitrogens with zero attached hydrogens (tertiary/aromatic N) is 1. The lowest BCUT2D eigenvalue weighted by atomic mass is 10.3. The Morgan fingerprint density at radius 2 is 2.25 bits per heavy atom. The lowest BCUT2D eigenvalue weighted by molar-refractivity contribution is 0.253. The molecule has 1 aromatic heterocycles. The van der Waals surface area contributed by atoms with E-state index >= 15 is 0 Å². The number of rotatable bonds is 0. The molecule has 0 bridgehead atoms. The van der Waals surface area contributed by atoms with Crippen molar-refractivity contribution in [3.63, 3.8) is 0 Å². The summed E-state index contributed by atoms with van der Waals surface area (Å²) in [6.07, 6.45) is -0.590. The van der Waals surface area contributed by atoms with E-state index in [0.717, 1.165) is 5.69 Å². The number of aryl methyl sites for hydroxylation is 1. The number of hydrogen-bond acceptors (Lipinski definition) is 2. The fourth-order valence-electron chi connectivity index (χ4n) is 0.791. The second-order valence-corrected chi connectivity index (χ2v) is 2.61. The Hall–Kier alpha value is -1.33. The molecular formula is C10H11NO. The minimum Gasteiger partial charge on any atom is -0.381 e. The summed E-state index contributed by atoms with van der Waals surface area (Å²) in [6.45, 7) is 3.54. The minimum atomic E-state index is -0.590. The van der Waals surface area contributed by atoms with Crippen molar-refractivity contribution in [1.82, 2.24) is 4.98 Å². The summed E-state index contributed by atoms with van der Waals surface area (Å²) in [5.41, 5.74) is 1.64. The second-order valence-electron chi connectivity index (χ2n) is 2.61. The lowest BCUT2D eigenvalue weighted by Gasteiger charge is -1.92. The first-order valence-electron chi connectivity index (χ1n) is 3.82. The van der Waals surface area contributed by atoms with Gasteiger partial charge in [0.05, 0.1) is 0 Å². The molecule has 0 saturated carbocycles. The number of hydrogen-bond donors (Lipinski definition) is 1. The Morgan fingerprint density at radius 3 is 2.83 bits per heavy atom. The normalized spacial score (nSPS) is 11.6. The van der Waals surface area contributed by atoms with Crippen LogP contribution in [0, 0.1) is 18.8 Å². The molecule has 0 amide bonds. The SMILES string of the molecule is Cc1cccc(C#C[C@@H](C)O)n1. The third kappa shape index (κ3) is 2.73. The third-order valence-corrected chi connectivity index (χ3v) is 1.30. The van der Waals surface area contributed by atoms with Gasteiger partial charge in [-0.2, -0.15) is 0 Å². The predicted molar refractivity (Wildman–Crippen MR) is 47.5 cm³/mol. The molecule has 0 aliphatic heterocycles. The summed E-state index contributed by atoms with van der Waals surface area (Å²) in [5.74, 6) is 5.41. The predicted octanol–water partition coefficient (Wildman–Crippen LogP) is 1.12. The van der Waals surface area contributed by atoms with Gasteiger partial charge in [-0.1, -0.05) is 12.0 Å². The van der Waals surface area contributed by atoms with Crippen molar-refractivity contribution in [2.45, 2.75) is 20.0 Å². The van der Waals surface area contributed by atoms with Crippen molar-refractivity contribution in [3.05, 3.63) is 29.6 Å². The number of pyridine rings is 1. The fraction of sp³-hybridized carbons (Fsp3) is 0.300. The molecule has 0 fully saturated rings. The molecule has 0 spiro atoms. The summed E-state index contributed by atoms with van der Waals surface area (Å²) in [5, 5.41) is 8.88. The van der Waals surface area contributed by atoms with Crippen LogP contribution in [-0.4, -0.2) is 16.2 Å². The fourth-order valence-corrected chi connectivity index (χ4v) is 0.791. The van der Waals surface area contributed by atoms with E-state index in [0.29, 0.717) is 5.69 Å². The van der Waals surface area contributed by atoms with Crippen molar-refractivity contribution < 1.29 is 5.11 Å². The van der Waals surface area contributed by atoms with Crippen molar-refractivity contribution in [3.8, 4) is 11.8 Å². The lowest BCUT2D eigenvalue weighted by Crippen LogP contribution is -1.93. The highest BCUT2D eigenvalue weighted by Gasteiger charge is 1.89. The topological polar surface area (TPSA) is 33.1 Å². The second kappa shape index (κ2) is 3.89. The van der Waals surface area contributed by atoms with Gasteiger partial charge < -0.3 is 5.11 Å². The molecule has 1 aromatic rings. The largest absolute Gasteiger partial charge is 0.381 e. The summed E-state index contributed by atoms with van der Waals surface area (Å²) < 4.78 is 0. The van der Waals surface area contributed by atoms with Crippen LogP contribution in [-0.2, 0) is 0 Å². The van der Waals surface area contributed by atoms with Gasteiger partial charge in [0.15, 0.2) is 0 Å². The summed E-state index contributed by atoms with van der Waals surface area (Å²) in [7, 11) is 0. The highest BCUT2D eigenvalue weighted by atomic mass is 16.3. The van der Waals surface area contributed by atoms with Crippen molar-refractivity contribution in [1.29, 1.82) is 0 Å². The van der Waals surface area contributed by atoms with Crippen LogP contribution < -0.4 is 0 Å². The first-order valence-corrected chi connectivity index (χ1v) is 3.82. The Labute approximate surface area is 72.3 Å². The highest BCUT2D eigenvalue weighted by molar-refractivity contribution is 5.29. The Bertz CT molecular complexity index is 320. The monoisotopic (exact) mass is 161 g/mol. The van der Waals surface area contributed by atoms with E-state index in [1.807, 2.05) is 25.1 Å². The van der Waals surface area contributed by atoms with Gasteiger partial charge >= 0.3 is 0 Å². The van der Waals surface area contributed by atoms with Crippen LogP contribution in [0.3, 0.4) is 0 Å². The maximum absolute atomic E-state index is 8.88. The molecular weight excluding hydrogens is 150 g/mol. The maximum Gasteiger partial charge on any atom is 0.113 e. The number of aliphatic hydroxyl groups is 1. The molecule has 0 aliphatic carbocycles. The van der Waals surface area contributed by atoms with E-state index in [1.54, 1.807) is 6.92 Å². The first-order chi connectivity index (χ1) is 5.68. The molecule has 0 unspecified atom stereocenters. The van der Waals surface area contributed by atoms with Crippen LogP contribution in [0.15, 0.2) is 18.2 Å². The summed E-state index contributed by atoms with van der Waals surface area (Å²) in [4.78, 5) is 4.16. The quantitative estimate of drug-likeness (QED) is 0.578. The van der Waals surface area contributed by atoms with Gasteiger partial charge in [0.25, 0.3) is 0 Å². The molecule has 12 heavy (non-hydrogen) atoms. The molecule has 2 nitrogen and oxygen atoms in total. The van der Waals surface area contributed by atoms with E-state index < -0.39 is 6.10 Å². The zero-order chi connectivity index (χ0) is 8.97. The first kappa shape index (κ1) is 8.76. The third-order valence-electron chi connectivity index (χ3n) is 1.30. The van der Waals surface area contributed by atoms with Gasteiger partial charge in [-0.15, -0.1) is 0 Å². The van der Waals surface area contributed by atoms with E-state index in [4.69, 9.17) is 5.11 Å². The standard InChI is InChI=1S/C10H11NO/c1-8-4-3-5-10(11-8)7-6-9(2)12/h3-5,9,12H,1-2H3/t9-/m1/s1. The van der Waals surface area contributed by atoms with Crippen LogP contribution in [0.2, 0.25) is 0 Å². The van der Waals surface area contributed by atoms with Crippen molar-refractivity contribution >= 4 is 0 Å². The molecule has 0 saturated heterocycles. The van der Waals surface area contributed by atoms with Crippen LogP contribution >= 0.6 is 0 Å². The van der Waals surface area contributed by atoms with Gasteiger partial charge in [0, 0.05) is 5.69 Å². The molecule has 1 atom stereocenters. The average Bonchev–Trinajstić information content (AvgIpc) is 2.01. The van der Waals surface area contributed by atoms with E-state index in [-0.39, 0.29) is 0 Å². The van der Waals surface area contributed by atoms with E-state index in [9.17, 15) is 0 Å². The minimum absolute atomic E-state index is 0.590.